The van der Waals surface area contributed by atoms with Gasteiger partial charge in [0.1, 0.15) is 17.1 Å². The molecule has 1 rings (SSSR count). The van der Waals surface area contributed by atoms with Gasteiger partial charge in [-0.15, -0.1) is 0 Å². The lowest BCUT2D eigenvalue weighted by Gasteiger charge is -2.11. The number of aliphatic carboxylic acids is 1. The van der Waals surface area contributed by atoms with Gasteiger partial charge >= 0.3 is 5.97 Å². The van der Waals surface area contributed by atoms with Gasteiger partial charge in [-0.2, -0.15) is 0 Å². The molecule has 6 nitrogen and oxygen atoms in total. The predicted molar refractivity (Wildman–Crippen MR) is 61.1 cm³/mol. The second-order valence-corrected chi connectivity index (χ2v) is 3.37. The topological polar surface area (TPSA) is 89.9 Å². The van der Waals surface area contributed by atoms with Gasteiger partial charge in [-0.1, -0.05) is 6.07 Å². The molecule has 0 saturated carbocycles. The van der Waals surface area contributed by atoms with E-state index >= 15 is 0 Å². The van der Waals surface area contributed by atoms with E-state index < -0.39 is 24.0 Å². The first-order valence-electron chi connectivity index (χ1n) is 5.01. The minimum atomic E-state index is -1.64. The highest BCUT2D eigenvalue weighted by atomic mass is 16.5. The molecule has 1 aromatic carbocycles. The molecule has 0 unspecified atom stereocenters. The standard InChI is InChI=1S/C12H12O6/c1-17-9-4-3-5-10(18-2)11(9)7(13)6-8(14)12(15)16/h3-5H,6H2,1-2H3,(H,15,16). The van der Waals surface area contributed by atoms with Crippen LogP contribution in [-0.2, 0) is 9.59 Å². The van der Waals surface area contributed by atoms with Gasteiger partial charge in [-0.05, 0) is 12.1 Å². The normalized spacial score (nSPS) is 9.67. The number of rotatable bonds is 6. The van der Waals surface area contributed by atoms with Crippen LogP contribution in [0, 0.1) is 0 Å². The highest BCUT2D eigenvalue weighted by molar-refractivity contribution is 6.37. The van der Waals surface area contributed by atoms with Crippen LogP contribution >= 0.6 is 0 Å². The molecule has 0 spiro atoms. The van der Waals surface area contributed by atoms with Gasteiger partial charge in [0.15, 0.2) is 5.78 Å². The Bertz CT molecular complexity index is 469. The fourth-order valence-corrected chi connectivity index (χ4v) is 1.44. The van der Waals surface area contributed by atoms with Gasteiger partial charge in [0.25, 0.3) is 0 Å². The van der Waals surface area contributed by atoms with Gasteiger partial charge in [-0.25, -0.2) is 4.79 Å². The molecule has 6 heteroatoms. The molecule has 0 amide bonds. The summed E-state index contributed by atoms with van der Waals surface area (Å²) in [5, 5.41) is 8.47. The van der Waals surface area contributed by atoms with E-state index in [-0.39, 0.29) is 17.1 Å². The Kier molecular flexibility index (Phi) is 4.42. The number of ketones is 2. The van der Waals surface area contributed by atoms with E-state index in [1.807, 2.05) is 0 Å². The first-order valence-corrected chi connectivity index (χ1v) is 5.01. The average Bonchev–Trinajstić information content (AvgIpc) is 2.37. The van der Waals surface area contributed by atoms with E-state index in [0.717, 1.165) is 0 Å². The SMILES string of the molecule is COc1cccc(OC)c1C(=O)CC(=O)C(=O)O. The zero-order valence-corrected chi connectivity index (χ0v) is 9.93. The van der Waals surface area contributed by atoms with Gasteiger partial charge in [0, 0.05) is 0 Å². The lowest BCUT2D eigenvalue weighted by atomic mass is 10.0. The number of Topliss-reactive ketones (excluding diaryl/α,β-unsaturated/α-hetero) is 2. The molecule has 0 fully saturated rings. The number of carboxylic acid groups (broad SMARTS) is 1. The summed E-state index contributed by atoms with van der Waals surface area (Å²) in [5.74, 6) is -3.00. The van der Waals surface area contributed by atoms with E-state index in [1.54, 1.807) is 6.07 Å². The van der Waals surface area contributed by atoms with Crippen molar-refractivity contribution in [3.63, 3.8) is 0 Å². The molecule has 0 saturated heterocycles. The Hall–Kier alpha value is -2.37. The zero-order valence-electron chi connectivity index (χ0n) is 9.93. The maximum Gasteiger partial charge on any atom is 0.372 e. The molecular formula is C12H12O6. The number of hydrogen-bond donors (Lipinski definition) is 1. The lowest BCUT2D eigenvalue weighted by molar-refractivity contribution is -0.148. The molecule has 1 aromatic rings. The molecule has 0 radical (unpaired) electrons. The largest absolute Gasteiger partial charge is 0.496 e. The second kappa shape index (κ2) is 5.81. The van der Waals surface area contributed by atoms with Crippen LogP contribution in [-0.4, -0.2) is 36.9 Å². The fraction of sp³-hybridized carbons (Fsp3) is 0.250. The maximum absolute atomic E-state index is 11.9. The highest BCUT2D eigenvalue weighted by Gasteiger charge is 2.23. The number of carboxylic acids is 1. The Labute approximate surface area is 103 Å². The summed E-state index contributed by atoms with van der Waals surface area (Å²) in [6.07, 6.45) is -0.730. The van der Waals surface area contributed by atoms with Crippen LogP contribution < -0.4 is 9.47 Å². The van der Waals surface area contributed by atoms with Crippen molar-refractivity contribution >= 4 is 17.5 Å². The van der Waals surface area contributed by atoms with Crippen molar-refractivity contribution in [2.75, 3.05) is 14.2 Å². The van der Waals surface area contributed by atoms with E-state index in [9.17, 15) is 14.4 Å². The molecule has 1 N–H and O–H groups in total. The summed E-state index contributed by atoms with van der Waals surface area (Å²) in [4.78, 5) is 33.3. The van der Waals surface area contributed by atoms with Crippen molar-refractivity contribution in [2.45, 2.75) is 6.42 Å². The summed E-state index contributed by atoms with van der Waals surface area (Å²) in [6, 6.07) is 4.68. The van der Waals surface area contributed by atoms with Crippen LogP contribution in [0.1, 0.15) is 16.8 Å². The lowest BCUT2D eigenvalue weighted by Crippen LogP contribution is -2.18. The van der Waals surface area contributed by atoms with Crippen LogP contribution in [0.2, 0.25) is 0 Å². The third-order valence-electron chi connectivity index (χ3n) is 2.27. The molecule has 18 heavy (non-hydrogen) atoms. The third kappa shape index (κ3) is 2.85. The van der Waals surface area contributed by atoms with Crippen molar-refractivity contribution in [3.05, 3.63) is 23.8 Å². The Morgan fingerprint density at radius 3 is 2.00 bits per heavy atom. The molecular weight excluding hydrogens is 240 g/mol. The maximum atomic E-state index is 11.9. The second-order valence-electron chi connectivity index (χ2n) is 3.37. The molecule has 0 heterocycles. The quantitative estimate of drug-likeness (QED) is 0.460. The van der Waals surface area contributed by atoms with Gasteiger partial charge in [0.2, 0.25) is 5.78 Å². The number of ether oxygens (including phenoxy) is 2. The number of benzene rings is 1. The summed E-state index contributed by atoms with van der Waals surface area (Å²) in [5.41, 5.74) is 0.0668. The van der Waals surface area contributed by atoms with Crippen LogP contribution in [0.15, 0.2) is 18.2 Å². The summed E-state index contributed by atoms with van der Waals surface area (Å²) in [7, 11) is 2.73. The number of carbonyl (C=O) groups excluding carboxylic acids is 2. The highest BCUT2D eigenvalue weighted by Crippen LogP contribution is 2.29. The van der Waals surface area contributed by atoms with Crippen molar-refractivity contribution in [1.82, 2.24) is 0 Å². The average molecular weight is 252 g/mol. The van der Waals surface area contributed by atoms with Gasteiger partial charge in [-0.3, -0.25) is 9.59 Å². The Morgan fingerprint density at radius 1 is 1.11 bits per heavy atom. The zero-order chi connectivity index (χ0) is 13.7. The monoisotopic (exact) mass is 252 g/mol. The molecule has 0 aliphatic carbocycles. The number of methoxy groups -OCH3 is 2. The van der Waals surface area contributed by atoms with E-state index in [0.29, 0.717) is 0 Å². The van der Waals surface area contributed by atoms with Gasteiger partial charge < -0.3 is 14.6 Å². The first kappa shape index (κ1) is 13.7. The first-order chi connectivity index (χ1) is 8.51. The van der Waals surface area contributed by atoms with Crippen LogP contribution in [0.3, 0.4) is 0 Å². The summed E-state index contributed by atoms with van der Waals surface area (Å²) < 4.78 is 9.98. The smallest absolute Gasteiger partial charge is 0.372 e. The molecule has 96 valence electrons. The van der Waals surface area contributed by atoms with Crippen LogP contribution in [0.5, 0.6) is 11.5 Å². The summed E-state index contributed by atoms with van der Waals surface area (Å²) >= 11 is 0. The van der Waals surface area contributed by atoms with Crippen LogP contribution in [0.25, 0.3) is 0 Å². The third-order valence-corrected chi connectivity index (χ3v) is 2.27. The minimum absolute atomic E-state index is 0.0668. The van der Waals surface area contributed by atoms with Crippen molar-refractivity contribution in [3.8, 4) is 11.5 Å². The van der Waals surface area contributed by atoms with Crippen molar-refractivity contribution < 1.29 is 29.0 Å². The molecule has 0 aliphatic rings. The van der Waals surface area contributed by atoms with E-state index in [1.165, 1.54) is 26.4 Å². The Morgan fingerprint density at radius 2 is 1.61 bits per heavy atom. The number of carbonyl (C=O) groups is 3. The number of hydrogen-bond acceptors (Lipinski definition) is 5. The van der Waals surface area contributed by atoms with Crippen molar-refractivity contribution in [2.24, 2.45) is 0 Å². The fourth-order valence-electron chi connectivity index (χ4n) is 1.44. The van der Waals surface area contributed by atoms with Crippen molar-refractivity contribution in [1.29, 1.82) is 0 Å². The van der Waals surface area contributed by atoms with Crippen LogP contribution in [0.4, 0.5) is 0 Å². The molecule has 0 bridgehead atoms. The minimum Gasteiger partial charge on any atom is -0.496 e. The van der Waals surface area contributed by atoms with E-state index in [2.05, 4.69) is 0 Å². The Balaban J connectivity index is 3.11. The summed E-state index contributed by atoms with van der Waals surface area (Å²) in [6.45, 7) is 0. The predicted octanol–water partition coefficient (Wildman–Crippen LogP) is 0.930. The van der Waals surface area contributed by atoms with Gasteiger partial charge in [0.05, 0.1) is 20.6 Å². The molecule has 0 aliphatic heterocycles. The molecule has 0 aromatic heterocycles. The molecule has 0 atom stereocenters. The van der Waals surface area contributed by atoms with E-state index in [4.69, 9.17) is 14.6 Å².